The van der Waals surface area contributed by atoms with E-state index in [0.717, 1.165) is 5.56 Å². The molecule has 18 heavy (non-hydrogen) atoms. The predicted molar refractivity (Wildman–Crippen MR) is 62.2 cm³/mol. The predicted octanol–water partition coefficient (Wildman–Crippen LogP) is 0.439. The number of pyridine rings is 1. The molecule has 1 aromatic heterocycles. The van der Waals surface area contributed by atoms with Gasteiger partial charge in [0.2, 0.25) is 5.88 Å². The van der Waals surface area contributed by atoms with Crippen molar-refractivity contribution in [2.24, 2.45) is 5.73 Å². The van der Waals surface area contributed by atoms with Gasteiger partial charge in [0.25, 0.3) is 5.91 Å². The largest absolute Gasteiger partial charge is 0.481 e. The molecule has 0 aliphatic carbocycles. The van der Waals surface area contributed by atoms with Gasteiger partial charge in [0.05, 0.1) is 7.11 Å². The zero-order valence-electron chi connectivity index (χ0n) is 9.80. The molecule has 1 unspecified atom stereocenters. The second-order valence-corrected chi connectivity index (χ2v) is 3.81. The third-order valence-corrected chi connectivity index (χ3v) is 2.63. The van der Waals surface area contributed by atoms with Crippen molar-refractivity contribution in [1.82, 2.24) is 4.98 Å². The normalized spacial score (nSPS) is 18.3. The second kappa shape index (κ2) is 4.91. The number of carbonyl (C=O) groups excluding carboxylic acids is 2. The number of nitrogens with two attached hydrogens (primary N) is 1. The van der Waals surface area contributed by atoms with Crippen molar-refractivity contribution in [1.29, 1.82) is 0 Å². The van der Waals surface area contributed by atoms with E-state index >= 15 is 0 Å². The second-order valence-electron chi connectivity index (χ2n) is 3.81. The van der Waals surface area contributed by atoms with E-state index in [1.165, 1.54) is 7.11 Å². The minimum absolute atomic E-state index is 0.371. The molecular weight excluding hydrogens is 238 g/mol. The van der Waals surface area contributed by atoms with E-state index in [1.807, 2.05) is 6.07 Å². The molecule has 0 radical (unpaired) electrons. The highest BCUT2D eigenvalue weighted by Gasteiger charge is 2.27. The number of nitrogens with zero attached hydrogens (tertiary/aromatic N) is 1. The van der Waals surface area contributed by atoms with Crippen LogP contribution in [0.5, 0.6) is 5.88 Å². The molecule has 1 aromatic rings. The third-order valence-electron chi connectivity index (χ3n) is 2.63. The van der Waals surface area contributed by atoms with Crippen LogP contribution in [0.15, 0.2) is 12.1 Å². The van der Waals surface area contributed by atoms with Crippen molar-refractivity contribution in [3.05, 3.63) is 17.7 Å². The van der Waals surface area contributed by atoms with E-state index in [0.29, 0.717) is 24.5 Å². The molecule has 7 heteroatoms. The average molecular weight is 251 g/mol. The summed E-state index contributed by atoms with van der Waals surface area (Å²) in [7, 11) is 1.49. The lowest BCUT2D eigenvalue weighted by molar-refractivity contribution is -0.124. The van der Waals surface area contributed by atoms with Crippen molar-refractivity contribution in [3.8, 4) is 5.88 Å². The lowest BCUT2D eigenvalue weighted by Crippen LogP contribution is -2.33. The molecule has 0 fully saturated rings. The van der Waals surface area contributed by atoms with Gasteiger partial charge in [-0.3, -0.25) is 4.79 Å². The van der Waals surface area contributed by atoms with Crippen LogP contribution in [0.4, 0.5) is 10.6 Å². The molecule has 0 saturated carbocycles. The van der Waals surface area contributed by atoms with Crippen LogP contribution in [-0.4, -0.2) is 30.2 Å². The Labute approximate surface area is 103 Å². The molecule has 0 saturated heterocycles. The molecule has 7 nitrogen and oxygen atoms in total. The SMILES string of the molecule is COc1ccc2c(n1)NC(=O)C(OC(N)=O)CC2. The van der Waals surface area contributed by atoms with Gasteiger partial charge in [0.1, 0.15) is 5.82 Å². The summed E-state index contributed by atoms with van der Waals surface area (Å²) in [5.74, 6) is 0.395. The number of ether oxygens (including phenoxy) is 2. The number of aromatic nitrogens is 1. The van der Waals surface area contributed by atoms with E-state index in [4.69, 9.17) is 15.2 Å². The number of carbonyl (C=O) groups is 2. The number of amides is 2. The first-order chi connectivity index (χ1) is 8.60. The number of methoxy groups -OCH3 is 1. The average Bonchev–Trinajstić information content (AvgIpc) is 2.48. The summed E-state index contributed by atoms with van der Waals surface area (Å²) in [6.45, 7) is 0. The summed E-state index contributed by atoms with van der Waals surface area (Å²) in [6.07, 6.45) is -0.923. The maximum absolute atomic E-state index is 11.8. The molecule has 2 heterocycles. The van der Waals surface area contributed by atoms with Crippen LogP contribution in [0.1, 0.15) is 12.0 Å². The van der Waals surface area contributed by atoms with Crippen LogP contribution < -0.4 is 15.8 Å². The quantitative estimate of drug-likeness (QED) is 0.793. The van der Waals surface area contributed by atoms with E-state index in [9.17, 15) is 9.59 Å². The molecule has 1 aliphatic heterocycles. The molecule has 1 atom stereocenters. The van der Waals surface area contributed by atoms with Crippen molar-refractivity contribution in [3.63, 3.8) is 0 Å². The maximum atomic E-state index is 11.8. The zero-order chi connectivity index (χ0) is 13.1. The molecule has 0 aromatic carbocycles. The highest BCUT2D eigenvalue weighted by atomic mass is 16.6. The Kier molecular flexibility index (Phi) is 3.31. The third kappa shape index (κ3) is 2.50. The van der Waals surface area contributed by atoms with Gasteiger partial charge in [-0.25, -0.2) is 4.79 Å². The summed E-state index contributed by atoms with van der Waals surface area (Å²) >= 11 is 0. The number of primary amides is 1. The Morgan fingerprint density at radius 2 is 2.33 bits per heavy atom. The van der Waals surface area contributed by atoms with Gasteiger partial charge in [-0.2, -0.15) is 4.98 Å². The lowest BCUT2D eigenvalue weighted by Gasteiger charge is -2.11. The van der Waals surface area contributed by atoms with Crippen molar-refractivity contribution in [2.75, 3.05) is 12.4 Å². The zero-order valence-corrected chi connectivity index (χ0v) is 9.80. The smallest absolute Gasteiger partial charge is 0.405 e. The van der Waals surface area contributed by atoms with Crippen molar-refractivity contribution < 1.29 is 19.1 Å². The fourth-order valence-electron chi connectivity index (χ4n) is 1.76. The van der Waals surface area contributed by atoms with Crippen LogP contribution in [0, 0.1) is 0 Å². The van der Waals surface area contributed by atoms with E-state index < -0.39 is 18.1 Å². The molecule has 3 N–H and O–H groups in total. The number of rotatable bonds is 2. The Hall–Kier alpha value is -2.31. The summed E-state index contributed by atoms with van der Waals surface area (Å²) < 4.78 is 9.72. The first kappa shape index (κ1) is 12.2. The topological polar surface area (TPSA) is 104 Å². The van der Waals surface area contributed by atoms with Crippen LogP contribution >= 0.6 is 0 Å². The minimum atomic E-state index is -0.966. The van der Waals surface area contributed by atoms with Gasteiger partial charge in [-0.05, 0) is 24.5 Å². The first-order valence-corrected chi connectivity index (χ1v) is 5.41. The standard InChI is InChI=1S/C11H13N3O4/c1-17-8-5-3-6-2-4-7(18-11(12)16)10(15)14-9(6)13-8/h3,5,7H,2,4H2,1H3,(H2,12,16)(H,13,14,15). The number of hydrogen-bond acceptors (Lipinski definition) is 5. The summed E-state index contributed by atoms with van der Waals surface area (Å²) in [5, 5.41) is 2.59. The Balaban J connectivity index is 2.22. The van der Waals surface area contributed by atoms with Crippen LogP contribution in [0.2, 0.25) is 0 Å². The Bertz CT molecular complexity index is 489. The fraction of sp³-hybridized carbons (Fsp3) is 0.364. The first-order valence-electron chi connectivity index (χ1n) is 5.41. The van der Waals surface area contributed by atoms with Crippen LogP contribution in [-0.2, 0) is 16.0 Å². The monoisotopic (exact) mass is 251 g/mol. The van der Waals surface area contributed by atoms with E-state index in [2.05, 4.69) is 10.3 Å². The van der Waals surface area contributed by atoms with Gasteiger partial charge in [-0.15, -0.1) is 0 Å². The van der Waals surface area contributed by atoms with Gasteiger partial charge < -0.3 is 20.5 Å². The highest BCUT2D eigenvalue weighted by molar-refractivity contribution is 5.95. The van der Waals surface area contributed by atoms with Gasteiger partial charge >= 0.3 is 6.09 Å². The highest BCUT2D eigenvalue weighted by Crippen LogP contribution is 2.23. The number of aryl methyl sites for hydroxylation is 1. The van der Waals surface area contributed by atoms with E-state index in [-0.39, 0.29) is 0 Å². The van der Waals surface area contributed by atoms with Crippen molar-refractivity contribution >= 4 is 17.8 Å². The van der Waals surface area contributed by atoms with Gasteiger partial charge in [0.15, 0.2) is 6.10 Å². The van der Waals surface area contributed by atoms with Crippen LogP contribution in [0.3, 0.4) is 0 Å². The minimum Gasteiger partial charge on any atom is -0.481 e. The summed E-state index contributed by atoms with van der Waals surface area (Å²) in [5.41, 5.74) is 5.77. The summed E-state index contributed by atoms with van der Waals surface area (Å²) in [4.78, 5) is 26.6. The number of anilines is 1. The molecule has 1 aliphatic rings. The number of nitrogens with one attached hydrogen (secondary N) is 1. The number of hydrogen-bond donors (Lipinski definition) is 2. The Morgan fingerprint density at radius 1 is 1.56 bits per heavy atom. The molecule has 0 bridgehead atoms. The van der Waals surface area contributed by atoms with Gasteiger partial charge in [-0.1, -0.05) is 0 Å². The molecule has 2 amide bonds. The number of fused-ring (bicyclic) bond motifs is 1. The summed E-state index contributed by atoms with van der Waals surface area (Å²) in [6, 6.07) is 3.52. The molecular formula is C11H13N3O4. The molecule has 96 valence electrons. The Morgan fingerprint density at radius 3 is 3.00 bits per heavy atom. The maximum Gasteiger partial charge on any atom is 0.405 e. The van der Waals surface area contributed by atoms with Gasteiger partial charge in [0, 0.05) is 6.07 Å². The fourth-order valence-corrected chi connectivity index (χ4v) is 1.76. The van der Waals surface area contributed by atoms with E-state index in [1.54, 1.807) is 6.07 Å². The lowest BCUT2D eigenvalue weighted by atomic mass is 10.1. The molecule has 0 spiro atoms. The van der Waals surface area contributed by atoms with Crippen molar-refractivity contribution in [2.45, 2.75) is 18.9 Å². The van der Waals surface area contributed by atoms with Crippen LogP contribution in [0.25, 0.3) is 0 Å². The molecule has 2 rings (SSSR count).